The second-order valence-electron chi connectivity index (χ2n) is 2.41. The van der Waals surface area contributed by atoms with Gasteiger partial charge in [-0.05, 0) is 13.8 Å². The summed E-state index contributed by atoms with van der Waals surface area (Å²) in [7, 11) is 0. The third-order valence-electron chi connectivity index (χ3n) is 1.23. The molecule has 0 saturated heterocycles. The first-order valence-corrected chi connectivity index (χ1v) is 4.38. The minimum absolute atomic E-state index is 0.284. The van der Waals surface area contributed by atoms with E-state index in [2.05, 4.69) is 10.2 Å². The van der Waals surface area contributed by atoms with E-state index in [1.54, 1.807) is 6.92 Å². The lowest BCUT2D eigenvalue weighted by atomic mass is 10.4. The quantitative estimate of drug-likeness (QED) is 0.656. The molecule has 1 aromatic rings. The summed E-state index contributed by atoms with van der Waals surface area (Å²) in [5.41, 5.74) is 0. The number of esters is 1. The van der Waals surface area contributed by atoms with Crippen LogP contribution in [-0.2, 0) is 9.53 Å². The zero-order valence-corrected chi connectivity index (χ0v) is 8.01. The first-order valence-electron chi connectivity index (χ1n) is 3.57. The Bertz CT molecular complexity index is 285. The fourth-order valence-electron chi connectivity index (χ4n) is 0.775. The molecule has 66 valence electrons. The van der Waals surface area contributed by atoms with Crippen LogP contribution >= 0.6 is 11.3 Å². The lowest BCUT2D eigenvalue weighted by molar-refractivity contribution is -0.145. The summed E-state index contributed by atoms with van der Waals surface area (Å²) in [5, 5.41) is 9.30. The van der Waals surface area contributed by atoms with Crippen molar-refractivity contribution in [3.05, 3.63) is 10.0 Å². The highest BCUT2D eigenvalue weighted by atomic mass is 32.1. The molecule has 5 heteroatoms. The maximum atomic E-state index is 10.6. The molecule has 1 unspecified atom stereocenters. The highest BCUT2D eigenvalue weighted by molar-refractivity contribution is 7.11. The molecular weight excluding hydrogens is 176 g/mol. The highest BCUT2D eigenvalue weighted by Gasteiger charge is 2.12. The zero-order chi connectivity index (χ0) is 9.14. The second kappa shape index (κ2) is 3.62. The number of carbonyl (C=O) groups is 1. The van der Waals surface area contributed by atoms with Gasteiger partial charge in [-0.15, -0.1) is 10.2 Å². The molecule has 1 heterocycles. The molecule has 0 aliphatic rings. The van der Waals surface area contributed by atoms with Gasteiger partial charge in [-0.1, -0.05) is 11.3 Å². The first kappa shape index (κ1) is 9.12. The average molecular weight is 186 g/mol. The molecule has 0 radical (unpaired) electrons. The Kier molecular flexibility index (Phi) is 2.75. The predicted octanol–water partition coefficient (Wildman–Crippen LogP) is 1.47. The first-order chi connectivity index (χ1) is 5.59. The van der Waals surface area contributed by atoms with Crippen LogP contribution in [0.1, 0.15) is 30.0 Å². The Labute approximate surface area is 74.6 Å². The van der Waals surface area contributed by atoms with Crippen LogP contribution in [0, 0.1) is 6.92 Å². The van der Waals surface area contributed by atoms with Crippen molar-refractivity contribution in [1.29, 1.82) is 0 Å². The number of ether oxygens (including phenoxy) is 1. The lowest BCUT2D eigenvalue weighted by Gasteiger charge is -2.06. The SMILES string of the molecule is CC(=O)OC(C)c1nnc(C)s1. The number of aryl methyl sites for hydroxylation is 1. The topological polar surface area (TPSA) is 52.1 Å². The summed E-state index contributed by atoms with van der Waals surface area (Å²) in [5.74, 6) is -0.296. The van der Waals surface area contributed by atoms with Crippen molar-refractivity contribution < 1.29 is 9.53 Å². The van der Waals surface area contributed by atoms with Gasteiger partial charge in [-0.2, -0.15) is 0 Å². The van der Waals surface area contributed by atoms with E-state index in [0.29, 0.717) is 0 Å². The Hall–Kier alpha value is -0.970. The molecule has 0 aliphatic carbocycles. The van der Waals surface area contributed by atoms with Crippen molar-refractivity contribution in [2.24, 2.45) is 0 Å². The van der Waals surface area contributed by atoms with Gasteiger partial charge in [-0.3, -0.25) is 4.79 Å². The van der Waals surface area contributed by atoms with Crippen LogP contribution in [0.25, 0.3) is 0 Å². The molecule has 1 atom stereocenters. The Balaban J connectivity index is 2.64. The van der Waals surface area contributed by atoms with E-state index in [1.807, 2.05) is 6.92 Å². The van der Waals surface area contributed by atoms with Crippen molar-refractivity contribution in [2.45, 2.75) is 26.9 Å². The zero-order valence-electron chi connectivity index (χ0n) is 7.20. The summed E-state index contributed by atoms with van der Waals surface area (Å²) in [6.45, 7) is 5.02. The summed E-state index contributed by atoms with van der Waals surface area (Å²) in [6.07, 6.45) is -0.284. The van der Waals surface area contributed by atoms with Gasteiger partial charge in [0.15, 0.2) is 11.1 Å². The van der Waals surface area contributed by atoms with E-state index >= 15 is 0 Å². The largest absolute Gasteiger partial charge is 0.455 e. The standard InChI is InChI=1S/C7H10N2O2S/c1-4(11-6(3)10)7-9-8-5(2)12-7/h4H,1-3H3. The number of carbonyl (C=O) groups excluding carboxylic acids is 1. The minimum atomic E-state index is -0.296. The van der Waals surface area contributed by atoms with Crippen LogP contribution in [-0.4, -0.2) is 16.2 Å². The summed E-state index contributed by atoms with van der Waals surface area (Å²) in [6, 6.07) is 0. The van der Waals surface area contributed by atoms with Crippen LogP contribution in [0.2, 0.25) is 0 Å². The van der Waals surface area contributed by atoms with Crippen LogP contribution in [0.15, 0.2) is 0 Å². The van der Waals surface area contributed by atoms with Crippen molar-refractivity contribution in [3.63, 3.8) is 0 Å². The van der Waals surface area contributed by atoms with Gasteiger partial charge < -0.3 is 4.74 Å². The molecule has 0 saturated carbocycles. The van der Waals surface area contributed by atoms with E-state index in [4.69, 9.17) is 4.74 Å². The van der Waals surface area contributed by atoms with E-state index in [9.17, 15) is 4.79 Å². The Morgan fingerprint density at radius 3 is 2.67 bits per heavy atom. The van der Waals surface area contributed by atoms with Gasteiger partial charge in [0.1, 0.15) is 5.01 Å². The van der Waals surface area contributed by atoms with Crippen molar-refractivity contribution in [3.8, 4) is 0 Å². The Morgan fingerprint density at radius 1 is 1.58 bits per heavy atom. The van der Waals surface area contributed by atoms with Gasteiger partial charge in [-0.25, -0.2) is 0 Å². The molecule has 1 rings (SSSR count). The molecule has 0 aromatic carbocycles. The molecule has 0 N–H and O–H groups in total. The number of hydrogen-bond donors (Lipinski definition) is 0. The van der Waals surface area contributed by atoms with Gasteiger partial charge in [0, 0.05) is 6.92 Å². The van der Waals surface area contributed by atoms with Crippen LogP contribution in [0.3, 0.4) is 0 Å². The fraction of sp³-hybridized carbons (Fsp3) is 0.571. The van der Waals surface area contributed by atoms with Crippen LogP contribution in [0.4, 0.5) is 0 Å². The van der Waals surface area contributed by atoms with Crippen LogP contribution in [0.5, 0.6) is 0 Å². The van der Waals surface area contributed by atoms with Gasteiger partial charge in [0.2, 0.25) is 0 Å². The third kappa shape index (κ3) is 2.27. The van der Waals surface area contributed by atoms with E-state index in [0.717, 1.165) is 10.0 Å². The third-order valence-corrected chi connectivity index (χ3v) is 2.23. The van der Waals surface area contributed by atoms with Crippen molar-refractivity contribution >= 4 is 17.3 Å². The monoisotopic (exact) mass is 186 g/mol. The molecule has 0 fully saturated rings. The molecule has 4 nitrogen and oxygen atoms in total. The van der Waals surface area contributed by atoms with Crippen molar-refractivity contribution in [1.82, 2.24) is 10.2 Å². The fourth-order valence-corrected chi connectivity index (χ4v) is 1.46. The average Bonchev–Trinajstić information content (AvgIpc) is 2.34. The Morgan fingerprint density at radius 2 is 2.25 bits per heavy atom. The summed E-state index contributed by atoms with van der Waals surface area (Å²) < 4.78 is 4.92. The molecule has 1 aromatic heterocycles. The molecule has 0 bridgehead atoms. The van der Waals surface area contributed by atoms with Gasteiger partial charge in [0.25, 0.3) is 0 Å². The smallest absolute Gasteiger partial charge is 0.303 e. The molecule has 0 aliphatic heterocycles. The number of hydrogen-bond acceptors (Lipinski definition) is 5. The molecule has 0 spiro atoms. The number of rotatable bonds is 2. The molecular formula is C7H10N2O2S. The predicted molar refractivity (Wildman–Crippen MR) is 44.8 cm³/mol. The van der Waals surface area contributed by atoms with Gasteiger partial charge >= 0.3 is 5.97 Å². The number of aromatic nitrogens is 2. The van der Waals surface area contributed by atoms with Crippen LogP contribution < -0.4 is 0 Å². The second-order valence-corrected chi connectivity index (χ2v) is 3.62. The maximum absolute atomic E-state index is 10.6. The van der Waals surface area contributed by atoms with E-state index < -0.39 is 0 Å². The molecule has 0 amide bonds. The van der Waals surface area contributed by atoms with E-state index in [-0.39, 0.29) is 12.1 Å². The molecule has 12 heavy (non-hydrogen) atoms. The maximum Gasteiger partial charge on any atom is 0.303 e. The summed E-state index contributed by atoms with van der Waals surface area (Å²) in [4.78, 5) is 10.6. The van der Waals surface area contributed by atoms with E-state index in [1.165, 1.54) is 18.3 Å². The van der Waals surface area contributed by atoms with Gasteiger partial charge in [0.05, 0.1) is 0 Å². The lowest BCUT2D eigenvalue weighted by Crippen LogP contribution is -2.04. The summed E-state index contributed by atoms with van der Waals surface area (Å²) >= 11 is 1.44. The highest BCUT2D eigenvalue weighted by Crippen LogP contribution is 2.19. The normalized spacial score (nSPS) is 12.6. The minimum Gasteiger partial charge on any atom is -0.455 e. The number of nitrogens with zero attached hydrogens (tertiary/aromatic N) is 2. The van der Waals surface area contributed by atoms with Crippen molar-refractivity contribution in [2.75, 3.05) is 0 Å².